The standard InChI is InChI=1S/C23H24N2O2/c26-23(19-10-9-16-5-1-2-6-18(16)15-19)25-13-11-17(12-14-25)22-24-20-7-3-4-8-21(20)27-22/h3-4,7-10,15,17H,1-2,5-6,11-14H2. The lowest BCUT2D eigenvalue weighted by molar-refractivity contribution is 0.0706. The molecule has 1 amide bonds. The van der Waals surface area contributed by atoms with Crippen LogP contribution in [-0.4, -0.2) is 28.9 Å². The Morgan fingerprint density at radius 1 is 1.00 bits per heavy atom. The lowest BCUT2D eigenvalue weighted by Gasteiger charge is -2.31. The predicted octanol–water partition coefficient (Wildman–Crippen LogP) is 4.73. The topological polar surface area (TPSA) is 46.3 Å². The van der Waals surface area contributed by atoms with Crippen molar-refractivity contribution in [2.45, 2.75) is 44.4 Å². The van der Waals surface area contributed by atoms with E-state index in [9.17, 15) is 4.79 Å². The van der Waals surface area contributed by atoms with Crippen LogP contribution in [0.25, 0.3) is 11.1 Å². The van der Waals surface area contributed by atoms with Crippen LogP contribution in [0, 0.1) is 0 Å². The summed E-state index contributed by atoms with van der Waals surface area (Å²) in [7, 11) is 0. The Bertz CT molecular complexity index is 950. The number of hydrogen-bond donors (Lipinski definition) is 0. The van der Waals surface area contributed by atoms with Gasteiger partial charge in [-0.3, -0.25) is 4.79 Å². The largest absolute Gasteiger partial charge is 0.440 e. The number of nitrogens with zero attached hydrogens (tertiary/aromatic N) is 2. The first-order valence-electron chi connectivity index (χ1n) is 10.0. The maximum Gasteiger partial charge on any atom is 0.253 e. The van der Waals surface area contributed by atoms with Crippen molar-refractivity contribution in [2.75, 3.05) is 13.1 Å². The molecule has 138 valence electrons. The summed E-state index contributed by atoms with van der Waals surface area (Å²) in [6.45, 7) is 1.53. The Kier molecular flexibility index (Phi) is 4.19. The Hall–Kier alpha value is -2.62. The number of carbonyl (C=O) groups excluding carboxylic acids is 1. The molecule has 0 bridgehead atoms. The number of likely N-dealkylation sites (tertiary alicyclic amines) is 1. The van der Waals surface area contributed by atoms with Gasteiger partial charge in [0.05, 0.1) is 0 Å². The Balaban J connectivity index is 1.28. The molecule has 0 N–H and O–H groups in total. The monoisotopic (exact) mass is 360 g/mol. The average Bonchev–Trinajstić information content (AvgIpc) is 3.17. The lowest BCUT2D eigenvalue weighted by Crippen LogP contribution is -2.38. The molecule has 5 rings (SSSR count). The molecule has 27 heavy (non-hydrogen) atoms. The van der Waals surface area contributed by atoms with Crippen LogP contribution in [-0.2, 0) is 12.8 Å². The number of aryl methyl sites for hydroxylation is 2. The summed E-state index contributed by atoms with van der Waals surface area (Å²) in [5.74, 6) is 1.28. The predicted molar refractivity (Wildman–Crippen MR) is 105 cm³/mol. The normalized spacial score (nSPS) is 17.9. The van der Waals surface area contributed by atoms with Gasteiger partial charge in [-0.25, -0.2) is 4.98 Å². The van der Waals surface area contributed by atoms with Crippen molar-refractivity contribution in [1.29, 1.82) is 0 Å². The maximum atomic E-state index is 13.0. The fourth-order valence-corrected chi connectivity index (χ4v) is 4.44. The third kappa shape index (κ3) is 3.14. The first kappa shape index (κ1) is 16.5. The molecule has 1 fully saturated rings. The number of para-hydroxylation sites is 2. The zero-order valence-electron chi connectivity index (χ0n) is 15.5. The van der Waals surface area contributed by atoms with Crippen molar-refractivity contribution >= 4 is 17.0 Å². The van der Waals surface area contributed by atoms with Crippen LogP contribution in [0.5, 0.6) is 0 Å². The molecule has 3 aromatic rings. The van der Waals surface area contributed by atoms with Crippen LogP contribution in [0.3, 0.4) is 0 Å². The molecule has 0 unspecified atom stereocenters. The molecule has 1 aliphatic heterocycles. The van der Waals surface area contributed by atoms with E-state index in [4.69, 9.17) is 4.42 Å². The van der Waals surface area contributed by atoms with E-state index in [-0.39, 0.29) is 5.91 Å². The van der Waals surface area contributed by atoms with Crippen LogP contribution in [0.4, 0.5) is 0 Å². The molecule has 0 radical (unpaired) electrons. The summed E-state index contributed by atoms with van der Waals surface area (Å²) < 4.78 is 5.94. The van der Waals surface area contributed by atoms with Gasteiger partial charge >= 0.3 is 0 Å². The van der Waals surface area contributed by atoms with Gasteiger partial charge in [0, 0.05) is 24.6 Å². The average molecular weight is 360 g/mol. The fourth-order valence-electron chi connectivity index (χ4n) is 4.44. The molecular weight excluding hydrogens is 336 g/mol. The van der Waals surface area contributed by atoms with Crippen LogP contribution in [0.1, 0.15) is 59.0 Å². The summed E-state index contributed by atoms with van der Waals surface area (Å²) in [5, 5.41) is 0. The number of hydrogen-bond acceptors (Lipinski definition) is 3. The van der Waals surface area contributed by atoms with Crippen molar-refractivity contribution in [3.05, 3.63) is 65.0 Å². The molecular formula is C23H24N2O2. The van der Waals surface area contributed by atoms with Crippen molar-refractivity contribution in [3.63, 3.8) is 0 Å². The van der Waals surface area contributed by atoms with Gasteiger partial charge < -0.3 is 9.32 Å². The van der Waals surface area contributed by atoms with Gasteiger partial charge in [-0.15, -0.1) is 0 Å². The zero-order chi connectivity index (χ0) is 18.2. The van der Waals surface area contributed by atoms with E-state index < -0.39 is 0 Å². The van der Waals surface area contributed by atoms with Gasteiger partial charge in [-0.2, -0.15) is 0 Å². The Morgan fingerprint density at radius 3 is 2.59 bits per heavy atom. The second-order valence-electron chi connectivity index (χ2n) is 7.78. The number of oxazole rings is 1. The van der Waals surface area contributed by atoms with Crippen molar-refractivity contribution < 1.29 is 9.21 Å². The Labute approximate surface area is 159 Å². The SMILES string of the molecule is O=C(c1ccc2c(c1)CCCC2)N1CCC(c2nc3ccccc3o2)CC1. The highest BCUT2D eigenvalue weighted by Crippen LogP contribution is 2.31. The van der Waals surface area contributed by atoms with Crippen LogP contribution < -0.4 is 0 Å². The third-order valence-corrected chi connectivity index (χ3v) is 6.04. The van der Waals surface area contributed by atoms with E-state index in [0.29, 0.717) is 5.92 Å². The smallest absolute Gasteiger partial charge is 0.253 e. The van der Waals surface area contributed by atoms with Gasteiger partial charge in [0.25, 0.3) is 5.91 Å². The summed E-state index contributed by atoms with van der Waals surface area (Å²) in [6, 6.07) is 14.2. The number of amides is 1. The third-order valence-electron chi connectivity index (χ3n) is 6.04. The highest BCUT2D eigenvalue weighted by Gasteiger charge is 2.28. The van der Waals surface area contributed by atoms with E-state index >= 15 is 0 Å². The first-order chi connectivity index (χ1) is 13.3. The van der Waals surface area contributed by atoms with Crippen LogP contribution in [0.15, 0.2) is 46.9 Å². The minimum atomic E-state index is 0.166. The van der Waals surface area contributed by atoms with E-state index in [2.05, 4.69) is 17.1 Å². The number of piperidine rings is 1. The van der Waals surface area contributed by atoms with E-state index in [1.165, 1.54) is 24.0 Å². The van der Waals surface area contributed by atoms with Crippen LogP contribution in [0.2, 0.25) is 0 Å². The maximum absolute atomic E-state index is 13.0. The summed E-state index contributed by atoms with van der Waals surface area (Å²) >= 11 is 0. The molecule has 0 spiro atoms. The molecule has 1 saturated heterocycles. The second kappa shape index (κ2) is 6.84. The van der Waals surface area contributed by atoms with Gasteiger partial charge in [-0.1, -0.05) is 18.2 Å². The molecule has 1 aliphatic carbocycles. The number of benzene rings is 2. The quantitative estimate of drug-likeness (QED) is 0.664. The second-order valence-corrected chi connectivity index (χ2v) is 7.78. The Morgan fingerprint density at radius 2 is 1.78 bits per heavy atom. The van der Waals surface area contributed by atoms with Gasteiger partial charge in [-0.05, 0) is 73.9 Å². The number of carbonyl (C=O) groups is 1. The van der Waals surface area contributed by atoms with Crippen molar-refractivity contribution in [3.8, 4) is 0 Å². The minimum Gasteiger partial charge on any atom is -0.440 e. The lowest BCUT2D eigenvalue weighted by atomic mass is 9.90. The highest BCUT2D eigenvalue weighted by atomic mass is 16.3. The molecule has 4 nitrogen and oxygen atoms in total. The fraction of sp³-hybridized carbons (Fsp3) is 0.391. The molecule has 1 aromatic heterocycles. The zero-order valence-corrected chi connectivity index (χ0v) is 15.5. The molecule has 2 aliphatic rings. The first-order valence-corrected chi connectivity index (χ1v) is 10.0. The summed E-state index contributed by atoms with van der Waals surface area (Å²) in [5.41, 5.74) is 5.40. The molecule has 0 atom stereocenters. The number of fused-ring (bicyclic) bond motifs is 2. The van der Waals surface area contributed by atoms with Gasteiger partial charge in [0.15, 0.2) is 11.5 Å². The molecule has 2 heterocycles. The van der Waals surface area contributed by atoms with E-state index in [1.54, 1.807) is 0 Å². The number of aromatic nitrogens is 1. The summed E-state index contributed by atoms with van der Waals surface area (Å²) in [4.78, 5) is 19.6. The number of rotatable bonds is 2. The van der Waals surface area contributed by atoms with Gasteiger partial charge in [0.1, 0.15) is 5.52 Å². The minimum absolute atomic E-state index is 0.166. The van der Waals surface area contributed by atoms with Crippen molar-refractivity contribution in [1.82, 2.24) is 9.88 Å². The van der Waals surface area contributed by atoms with Gasteiger partial charge in [0.2, 0.25) is 0 Å². The van der Waals surface area contributed by atoms with Crippen molar-refractivity contribution in [2.24, 2.45) is 0 Å². The molecule has 4 heteroatoms. The molecule has 2 aromatic carbocycles. The van der Waals surface area contributed by atoms with E-state index in [0.717, 1.165) is 61.3 Å². The van der Waals surface area contributed by atoms with Crippen LogP contribution >= 0.6 is 0 Å². The highest BCUT2D eigenvalue weighted by molar-refractivity contribution is 5.94. The summed E-state index contributed by atoms with van der Waals surface area (Å²) in [6.07, 6.45) is 6.58. The molecule has 0 saturated carbocycles. The van der Waals surface area contributed by atoms with E-state index in [1.807, 2.05) is 35.2 Å².